The van der Waals surface area contributed by atoms with Crippen LogP contribution in [0.1, 0.15) is 12.5 Å². The molecule has 1 aromatic carbocycles. The van der Waals surface area contributed by atoms with Crippen LogP contribution >= 0.6 is 0 Å². The van der Waals surface area contributed by atoms with E-state index in [9.17, 15) is 5.11 Å². The molecule has 1 aromatic rings. The Bertz CT molecular complexity index is 261. The van der Waals surface area contributed by atoms with Crippen molar-refractivity contribution in [3.8, 4) is 5.75 Å². The van der Waals surface area contributed by atoms with Crippen LogP contribution in [0.3, 0.4) is 0 Å². The maximum absolute atomic E-state index is 9.30. The van der Waals surface area contributed by atoms with Crippen LogP contribution in [0.4, 0.5) is 5.69 Å². The molecule has 0 aromatic heterocycles. The first-order valence-electron chi connectivity index (χ1n) is 3.91. The second-order valence-corrected chi connectivity index (χ2v) is 2.54. The quantitative estimate of drug-likeness (QED) is 0.677. The summed E-state index contributed by atoms with van der Waals surface area (Å²) < 4.78 is 0. The fourth-order valence-electron chi connectivity index (χ4n) is 0.828. The molecule has 0 fully saturated rings. The van der Waals surface area contributed by atoms with Crippen LogP contribution in [-0.2, 0) is 4.84 Å². The van der Waals surface area contributed by atoms with Crippen molar-refractivity contribution in [1.82, 2.24) is 0 Å². The van der Waals surface area contributed by atoms with E-state index in [1.54, 1.807) is 6.07 Å². The number of phenolic OH excluding ortho intramolecular Hbond substituents is 1. The smallest absolute Gasteiger partial charge is 0.120 e. The normalized spacial score (nSPS) is 9.83. The minimum atomic E-state index is 0.278. The molecule has 2 N–H and O–H groups in total. The van der Waals surface area contributed by atoms with Crippen molar-refractivity contribution in [1.29, 1.82) is 0 Å². The van der Waals surface area contributed by atoms with E-state index in [1.807, 2.05) is 26.0 Å². The number of hydrogen-bond donors (Lipinski definition) is 2. The van der Waals surface area contributed by atoms with Gasteiger partial charge in [0.2, 0.25) is 0 Å². The van der Waals surface area contributed by atoms with E-state index in [0.717, 1.165) is 11.3 Å². The third-order valence-corrected chi connectivity index (χ3v) is 1.54. The highest BCUT2D eigenvalue weighted by atomic mass is 16.6. The van der Waals surface area contributed by atoms with Crippen molar-refractivity contribution >= 4 is 5.69 Å². The van der Waals surface area contributed by atoms with Gasteiger partial charge in [-0.2, -0.15) is 0 Å². The lowest BCUT2D eigenvalue weighted by atomic mass is 10.2. The number of benzene rings is 1. The molecule has 0 aliphatic carbocycles. The number of nitrogens with one attached hydrogen (secondary N) is 1. The van der Waals surface area contributed by atoms with E-state index in [1.165, 1.54) is 0 Å². The van der Waals surface area contributed by atoms with E-state index >= 15 is 0 Å². The van der Waals surface area contributed by atoms with Crippen LogP contribution in [-0.4, -0.2) is 11.7 Å². The Balaban J connectivity index is 2.69. The van der Waals surface area contributed by atoms with E-state index in [-0.39, 0.29) is 5.75 Å². The molecule has 0 spiro atoms. The first-order chi connectivity index (χ1) is 5.74. The molecule has 66 valence electrons. The summed E-state index contributed by atoms with van der Waals surface area (Å²) in [4.78, 5) is 4.95. The standard InChI is InChI=1S/C9H13NO2/c1-3-12-10-8-5-4-7(2)9(11)6-8/h4-6,10-11H,3H2,1-2H3. The number of anilines is 1. The molecule has 0 saturated heterocycles. The summed E-state index contributed by atoms with van der Waals surface area (Å²) in [5, 5.41) is 9.30. The van der Waals surface area contributed by atoms with Crippen molar-refractivity contribution in [3.05, 3.63) is 23.8 Å². The van der Waals surface area contributed by atoms with E-state index < -0.39 is 0 Å². The van der Waals surface area contributed by atoms with E-state index in [0.29, 0.717) is 6.61 Å². The van der Waals surface area contributed by atoms with Crippen LogP contribution in [0.15, 0.2) is 18.2 Å². The maximum Gasteiger partial charge on any atom is 0.120 e. The summed E-state index contributed by atoms with van der Waals surface area (Å²) in [6.07, 6.45) is 0. The second-order valence-electron chi connectivity index (χ2n) is 2.54. The van der Waals surface area contributed by atoms with Crippen LogP contribution in [0, 0.1) is 6.92 Å². The largest absolute Gasteiger partial charge is 0.508 e. The lowest BCUT2D eigenvalue weighted by molar-refractivity contribution is 0.210. The zero-order valence-electron chi connectivity index (χ0n) is 7.29. The Labute approximate surface area is 71.9 Å². The molecule has 0 unspecified atom stereocenters. The van der Waals surface area contributed by atoms with Gasteiger partial charge in [0.15, 0.2) is 0 Å². The first-order valence-corrected chi connectivity index (χ1v) is 3.91. The number of rotatable bonds is 3. The Morgan fingerprint density at radius 1 is 1.50 bits per heavy atom. The Hall–Kier alpha value is -1.22. The number of aromatic hydroxyl groups is 1. The number of aryl methyl sites for hydroxylation is 1. The molecule has 0 aliphatic rings. The van der Waals surface area contributed by atoms with Gasteiger partial charge in [-0.25, -0.2) is 0 Å². The average Bonchev–Trinajstić information content (AvgIpc) is 2.07. The molecule has 3 heteroatoms. The van der Waals surface area contributed by atoms with E-state index in [2.05, 4.69) is 5.48 Å². The lowest BCUT2D eigenvalue weighted by Crippen LogP contribution is -1.99. The van der Waals surface area contributed by atoms with Gasteiger partial charge >= 0.3 is 0 Å². The van der Waals surface area contributed by atoms with Gasteiger partial charge in [0.1, 0.15) is 5.75 Å². The second kappa shape index (κ2) is 3.97. The molecule has 0 amide bonds. The van der Waals surface area contributed by atoms with Crippen LogP contribution in [0.25, 0.3) is 0 Å². The first kappa shape index (κ1) is 8.87. The Morgan fingerprint density at radius 2 is 2.25 bits per heavy atom. The monoisotopic (exact) mass is 167 g/mol. The minimum Gasteiger partial charge on any atom is -0.508 e. The molecule has 0 aliphatic heterocycles. The molecule has 0 heterocycles. The van der Waals surface area contributed by atoms with Gasteiger partial charge in [0.05, 0.1) is 12.3 Å². The summed E-state index contributed by atoms with van der Waals surface area (Å²) in [6, 6.07) is 5.31. The van der Waals surface area contributed by atoms with Gasteiger partial charge in [-0.3, -0.25) is 10.3 Å². The van der Waals surface area contributed by atoms with Crippen molar-refractivity contribution in [2.45, 2.75) is 13.8 Å². The predicted molar refractivity (Wildman–Crippen MR) is 48.1 cm³/mol. The molecule has 0 bridgehead atoms. The van der Waals surface area contributed by atoms with Crippen molar-refractivity contribution in [3.63, 3.8) is 0 Å². The highest BCUT2D eigenvalue weighted by Crippen LogP contribution is 2.20. The van der Waals surface area contributed by atoms with Crippen molar-refractivity contribution in [2.24, 2.45) is 0 Å². The van der Waals surface area contributed by atoms with Crippen LogP contribution < -0.4 is 5.48 Å². The molecule has 1 rings (SSSR count). The topological polar surface area (TPSA) is 41.5 Å². The summed E-state index contributed by atoms with van der Waals surface area (Å²) in [5.74, 6) is 0.278. The minimum absolute atomic E-state index is 0.278. The molecular formula is C9H13NO2. The molecule has 12 heavy (non-hydrogen) atoms. The summed E-state index contributed by atoms with van der Waals surface area (Å²) in [5.41, 5.74) is 4.32. The van der Waals surface area contributed by atoms with Gasteiger partial charge in [-0.05, 0) is 25.5 Å². The number of hydrogen-bond acceptors (Lipinski definition) is 3. The molecule has 0 atom stereocenters. The fourth-order valence-corrected chi connectivity index (χ4v) is 0.828. The highest BCUT2D eigenvalue weighted by molar-refractivity contribution is 5.49. The molecule has 3 nitrogen and oxygen atoms in total. The third-order valence-electron chi connectivity index (χ3n) is 1.54. The summed E-state index contributed by atoms with van der Waals surface area (Å²) >= 11 is 0. The van der Waals surface area contributed by atoms with Gasteiger partial charge in [-0.15, -0.1) is 0 Å². The van der Waals surface area contributed by atoms with Gasteiger partial charge in [-0.1, -0.05) is 6.07 Å². The predicted octanol–water partition coefficient (Wildman–Crippen LogP) is 2.06. The van der Waals surface area contributed by atoms with E-state index in [4.69, 9.17) is 4.84 Å². The van der Waals surface area contributed by atoms with Gasteiger partial charge in [0, 0.05) is 6.07 Å². The van der Waals surface area contributed by atoms with Gasteiger partial charge in [0.25, 0.3) is 0 Å². The SMILES string of the molecule is CCONc1ccc(C)c(O)c1. The van der Waals surface area contributed by atoms with Crippen LogP contribution in [0.2, 0.25) is 0 Å². The third kappa shape index (κ3) is 2.13. The average molecular weight is 167 g/mol. The van der Waals surface area contributed by atoms with Crippen molar-refractivity contribution in [2.75, 3.05) is 12.1 Å². The number of phenols is 1. The summed E-state index contributed by atoms with van der Waals surface area (Å²) in [6.45, 7) is 4.33. The molecular weight excluding hydrogens is 154 g/mol. The lowest BCUT2D eigenvalue weighted by Gasteiger charge is -2.05. The zero-order chi connectivity index (χ0) is 8.97. The maximum atomic E-state index is 9.30. The highest BCUT2D eigenvalue weighted by Gasteiger charge is 1.96. The fraction of sp³-hybridized carbons (Fsp3) is 0.333. The molecule has 0 radical (unpaired) electrons. The zero-order valence-corrected chi connectivity index (χ0v) is 7.29. The van der Waals surface area contributed by atoms with Crippen LogP contribution in [0.5, 0.6) is 5.75 Å². The Morgan fingerprint density at radius 3 is 2.83 bits per heavy atom. The van der Waals surface area contributed by atoms with Gasteiger partial charge < -0.3 is 5.11 Å². The summed E-state index contributed by atoms with van der Waals surface area (Å²) in [7, 11) is 0. The van der Waals surface area contributed by atoms with Crippen molar-refractivity contribution < 1.29 is 9.94 Å². The molecule has 0 saturated carbocycles. The Kier molecular flexibility index (Phi) is 2.94.